The molecule has 0 N–H and O–H groups in total. The Labute approximate surface area is 167 Å². The Morgan fingerprint density at radius 1 is 1.14 bits per heavy atom. The Bertz CT molecular complexity index is 976. The largest absolute Gasteiger partial charge is 0.480 e. The second-order valence-corrected chi connectivity index (χ2v) is 7.68. The van der Waals surface area contributed by atoms with Crippen LogP contribution < -0.4 is 4.74 Å². The average molecular weight is 382 g/mol. The normalized spacial score (nSPS) is 12.7. The summed E-state index contributed by atoms with van der Waals surface area (Å²) in [6, 6.07) is 6.35. The molecule has 0 saturated carbocycles. The molecule has 3 heterocycles. The summed E-state index contributed by atoms with van der Waals surface area (Å²) < 4.78 is 13.4. The standard InChI is InChI=1S/C23H31N3O2/c1-8-9-20(27-6)18-13-26(5)22-17(18)12-15(4)21(25-22)16-10-11-19(14(2)3)24-23(16)28-7/h10-14,20H,8-9H2,1-7H3. The summed E-state index contributed by atoms with van der Waals surface area (Å²) in [5, 5.41) is 1.15. The molecule has 5 nitrogen and oxygen atoms in total. The van der Waals surface area contributed by atoms with Crippen molar-refractivity contribution in [3.8, 4) is 17.1 Å². The van der Waals surface area contributed by atoms with Crippen molar-refractivity contribution >= 4 is 11.0 Å². The van der Waals surface area contributed by atoms with Crippen molar-refractivity contribution in [3.63, 3.8) is 0 Å². The number of hydrogen-bond donors (Lipinski definition) is 0. The van der Waals surface area contributed by atoms with Gasteiger partial charge in [-0.05, 0) is 43.0 Å². The summed E-state index contributed by atoms with van der Waals surface area (Å²) in [4.78, 5) is 9.71. The maximum absolute atomic E-state index is 5.75. The first kappa shape index (κ1) is 20.3. The van der Waals surface area contributed by atoms with Crippen LogP contribution in [0.3, 0.4) is 0 Å². The predicted octanol–water partition coefficient (Wildman–Crippen LogP) is 5.56. The molecular weight excluding hydrogens is 350 g/mol. The molecule has 0 aliphatic rings. The molecule has 0 saturated heterocycles. The first-order valence-corrected chi connectivity index (χ1v) is 9.95. The number of nitrogens with zero attached hydrogens (tertiary/aromatic N) is 3. The van der Waals surface area contributed by atoms with Crippen molar-refractivity contribution in [2.45, 2.75) is 52.6 Å². The molecule has 0 amide bonds. The van der Waals surface area contributed by atoms with Crippen molar-refractivity contribution in [2.24, 2.45) is 7.05 Å². The van der Waals surface area contributed by atoms with E-state index in [0.717, 1.165) is 46.4 Å². The SMILES string of the molecule is CCCC(OC)c1cn(C)c2nc(-c3ccc(C(C)C)nc3OC)c(C)cc12. The zero-order chi connectivity index (χ0) is 20.4. The van der Waals surface area contributed by atoms with Gasteiger partial charge in [0.05, 0.1) is 24.5 Å². The Kier molecular flexibility index (Phi) is 6.04. The van der Waals surface area contributed by atoms with Gasteiger partial charge >= 0.3 is 0 Å². The molecule has 0 fully saturated rings. The Hall–Kier alpha value is -2.40. The van der Waals surface area contributed by atoms with Gasteiger partial charge in [0.1, 0.15) is 5.65 Å². The molecule has 150 valence electrons. The first-order valence-electron chi connectivity index (χ1n) is 9.95. The van der Waals surface area contributed by atoms with E-state index in [-0.39, 0.29) is 6.10 Å². The fourth-order valence-corrected chi connectivity index (χ4v) is 3.73. The van der Waals surface area contributed by atoms with Gasteiger partial charge in [-0.3, -0.25) is 0 Å². The van der Waals surface area contributed by atoms with Gasteiger partial charge in [0.2, 0.25) is 5.88 Å². The average Bonchev–Trinajstić information content (AvgIpc) is 3.00. The summed E-state index contributed by atoms with van der Waals surface area (Å²) in [5.74, 6) is 0.968. The van der Waals surface area contributed by atoms with E-state index >= 15 is 0 Å². The number of aromatic nitrogens is 3. The minimum Gasteiger partial charge on any atom is -0.480 e. The highest BCUT2D eigenvalue weighted by Crippen LogP contribution is 2.36. The van der Waals surface area contributed by atoms with Crippen molar-refractivity contribution in [3.05, 3.63) is 41.2 Å². The van der Waals surface area contributed by atoms with Gasteiger partial charge in [0.15, 0.2) is 0 Å². The van der Waals surface area contributed by atoms with Crippen molar-refractivity contribution in [1.82, 2.24) is 14.5 Å². The molecule has 3 rings (SSSR count). The summed E-state index contributed by atoms with van der Waals surface area (Å²) in [5.41, 5.74) is 6.09. The highest BCUT2D eigenvalue weighted by molar-refractivity contribution is 5.85. The van der Waals surface area contributed by atoms with E-state index in [1.807, 2.05) is 7.05 Å². The number of pyridine rings is 2. The van der Waals surface area contributed by atoms with E-state index in [2.05, 4.69) is 56.7 Å². The van der Waals surface area contributed by atoms with Gasteiger partial charge in [-0.2, -0.15) is 0 Å². The maximum atomic E-state index is 5.75. The molecule has 0 aromatic carbocycles. The number of ether oxygens (including phenoxy) is 2. The second-order valence-electron chi connectivity index (χ2n) is 7.68. The van der Waals surface area contributed by atoms with E-state index in [4.69, 9.17) is 19.4 Å². The van der Waals surface area contributed by atoms with Crippen LogP contribution >= 0.6 is 0 Å². The van der Waals surface area contributed by atoms with Crippen LogP contribution in [-0.4, -0.2) is 28.8 Å². The fraction of sp³-hybridized carbons (Fsp3) is 0.478. The van der Waals surface area contributed by atoms with Gasteiger partial charge in [0, 0.05) is 37.0 Å². The van der Waals surface area contributed by atoms with Gasteiger partial charge in [-0.1, -0.05) is 27.2 Å². The lowest BCUT2D eigenvalue weighted by atomic mass is 10.0. The van der Waals surface area contributed by atoms with Gasteiger partial charge in [-0.15, -0.1) is 0 Å². The van der Waals surface area contributed by atoms with Crippen LogP contribution in [0.15, 0.2) is 24.4 Å². The van der Waals surface area contributed by atoms with Gasteiger partial charge < -0.3 is 14.0 Å². The minimum absolute atomic E-state index is 0.0854. The molecule has 0 spiro atoms. The Balaban J connectivity index is 2.17. The van der Waals surface area contributed by atoms with E-state index in [0.29, 0.717) is 11.8 Å². The van der Waals surface area contributed by atoms with E-state index in [1.54, 1.807) is 14.2 Å². The van der Waals surface area contributed by atoms with Crippen LogP contribution in [0.4, 0.5) is 0 Å². The number of aryl methyl sites for hydroxylation is 2. The summed E-state index contributed by atoms with van der Waals surface area (Å²) in [6.07, 6.45) is 4.29. The molecule has 3 aromatic rings. The number of fused-ring (bicyclic) bond motifs is 1. The van der Waals surface area contributed by atoms with Crippen LogP contribution in [0.1, 0.15) is 62.5 Å². The van der Waals surface area contributed by atoms with Gasteiger partial charge in [0.25, 0.3) is 0 Å². The summed E-state index contributed by atoms with van der Waals surface area (Å²) in [7, 11) is 5.48. The lowest BCUT2D eigenvalue weighted by Gasteiger charge is -2.15. The molecule has 0 aliphatic heterocycles. The molecule has 3 aromatic heterocycles. The van der Waals surface area contributed by atoms with E-state index in [9.17, 15) is 0 Å². The van der Waals surface area contributed by atoms with Crippen molar-refractivity contribution in [1.29, 1.82) is 0 Å². The lowest BCUT2D eigenvalue weighted by Crippen LogP contribution is -2.01. The fourth-order valence-electron chi connectivity index (χ4n) is 3.73. The van der Waals surface area contributed by atoms with Gasteiger partial charge in [-0.25, -0.2) is 9.97 Å². The van der Waals surface area contributed by atoms with Crippen molar-refractivity contribution in [2.75, 3.05) is 14.2 Å². The zero-order valence-corrected chi connectivity index (χ0v) is 18.0. The predicted molar refractivity (Wildman–Crippen MR) is 114 cm³/mol. The molecule has 1 atom stereocenters. The maximum Gasteiger partial charge on any atom is 0.222 e. The Morgan fingerprint density at radius 2 is 1.89 bits per heavy atom. The number of hydrogen-bond acceptors (Lipinski definition) is 4. The number of rotatable bonds is 7. The van der Waals surface area contributed by atoms with Crippen LogP contribution in [-0.2, 0) is 11.8 Å². The molecule has 28 heavy (non-hydrogen) atoms. The number of methoxy groups -OCH3 is 2. The molecule has 5 heteroatoms. The van der Waals surface area contributed by atoms with E-state index < -0.39 is 0 Å². The third kappa shape index (κ3) is 3.63. The molecule has 0 radical (unpaired) electrons. The highest BCUT2D eigenvalue weighted by Gasteiger charge is 2.20. The molecular formula is C23H31N3O2. The van der Waals surface area contributed by atoms with Crippen LogP contribution in [0.5, 0.6) is 5.88 Å². The third-order valence-electron chi connectivity index (χ3n) is 5.27. The van der Waals surface area contributed by atoms with Crippen LogP contribution in [0.25, 0.3) is 22.3 Å². The third-order valence-corrected chi connectivity index (χ3v) is 5.27. The lowest BCUT2D eigenvalue weighted by molar-refractivity contribution is 0.0960. The second kappa shape index (κ2) is 8.31. The summed E-state index contributed by atoms with van der Waals surface area (Å²) >= 11 is 0. The molecule has 1 unspecified atom stereocenters. The summed E-state index contributed by atoms with van der Waals surface area (Å²) in [6.45, 7) is 8.53. The minimum atomic E-state index is 0.0854. The first-order chi connectivity index (χ1) is 13.4. The monoisotopic (exact) mass is 381 g/mol. The Morgan fingerprint density at radius 3 is 2.50 bits per heavy atom. The highest BCUT2D eigenvalue weighted by atomic mass is 16.5. The smallest absolute Gasteiger partial charge is 0.222 e. The van der Waals surface area contributed by atoms with Crippen LogP contribution in [0, 0.1) is 6.92 Å². The van der Waals surface area contributed by atoms with Crippen LogP contribution in [0.2, 0.25) is 0 Å². The van der Waals surface area contributed by atoms with E-state index in [1.165, 1.54) is 5.56 Å². The quantitative estimate of drug-likeness (QED) is 0.537. The molecule has 0 bridgehead atoms. The van der Waals surface area contributed by atoms with Crippen molar-refractivity contribution < 1.29 is 9.47 Å². The zero-order valence-electron chi connectivity index (χ0n) is 18.0. The molecule has 0 aliphatic carbocycles. The topological polar surface area (TPSA) is 49.2 Å².